The Morgan fingerprint density at radius 1 is 0.867 bits per heavy atom. The maximum Gasteiger partial charge on any atom is 0.368 e. The summed E-state index contributed by atoms with van der Waals surface area (Å²) >= 11 is 0. The van der Waals surface area contributed by atoms with Gasteiger partial charge in [0.2, 0.25) is 6.29 Å². The Bertz CT molecular complexity index is 1030. The topological polar surface area (TPSA) is 151 Å². The molecule has 0 aliphatic carbocycles. The summed E-state index contributed by atoms with van der Waals surface area (Å²) in [4.78, 5) is 0. The molecule has 30 heavy (non-hydrogen) atoms. The molecule has 0 unspecified atom stereocenters. The third-order valence-corrected chi connectivity index (χ3v) is 4.95. The lowest BCUT2D eigenvalue weighted by atomic mass is 9.99. The summed E-state index contributed by atoms with van der Waals surface area (Å²) in [5.74, 6) is 0.531. The minimum absolute atomic E-state index is 0.107. The fraction of sp³-hybridized carbons (Fsp3) is 0.286. The standard InChI is InChI=1S/C21H20O9/c22-9-17-18(25)19(26)20(27)21(30-17)29-16-8-12(24)7-15-13(16)5-6-14(28-15)10-1-3-11(23)4-2-10/h1-8,17-22,25-27H,9H2,(H-,23,24)/p+1/t17-,18-,19+,20-,21-/m1/s1. The summed E-state index contributed by atoms with van der Waals surface area (Å²) in [6.07, 6.45) is -7.21. The normalized spacial score (nSPS) is 26.6. The number of aliphatic hydroxyl groups is 4. The summed E-state index contributed by atoms with van der Waals surface area (Å²) < 4.78 is 16.9. The molecule has 2 heterocycles. The number of hydrogen-bond donors (Lipinski definition) is 6. The minimum atomic E-state index is -1.59. The van der Waals surface area contributed by atoms with E-state index in [1.165, 1.54) is 24.3 Å². The highest BCUT2D eigenvalue weighted by Gasteiger charge is 2.45. The van der Waals surface area contributed by atoms with Gasteiger partial charge < -0.3 is 40.1 Å². The molecule has 1 aliphatic heterocycles. The van der Waals surface area contributed by atoms with Crippen molar-refractivity contribution in [2.45, 2.75) is 30.7 Å². The third-order valence-electron chi connectivity index (χ3n) is 4.95. The number of fused-ring (bicyclic) bond motifs is 1. The summed E-state index contributed by atoms with van der Waals surface area (Å²) in [5, 5.41) is 59.3. The van der Waals surface area contributed by atoms with Gasteiger partial charge in [-0.2, -0.15) is 0 Å². The van der Waals surface area contributed by atoms with Gasteiger partial charge in [-0.05, 0) is 30.3 Å². The lowest BCUT2D eigenvalue weighted by molar-refractivity contribution is -0.277. The number of rotatable bonds is 4. The molecule has 0 spiro atoms. The van der Waals surface area contributed by atoms with E-state index in [1.807, 2.05) is 0 Å². The van der Waals surface area contributed by atoms with Crippen molar-refractivity contribution in [3.05, 3.63) is 48.5 Å². The Morgan fingerprint density at radius 3 is 2.30 bits per heavy atom. The first-order chi connectivity index (χ1) is 14.4. The van der Waals surface area contributed by atoms with E-state index < -0.39 is 37.3 Å². The van der Waals surface area contributed by atoms with Crippen molar-refractivity contribution >= 4 is 11.0 Å². The molecule has 1 fully saturated rings. The Balaban J connectivity index is 1.68. The quantitative estimate of drug-likeness (QED) is 0.341. The predicted octanol–water partition coefficient (Wildman–Crippen LogP) is 0.971. The second-order valence-corrected chi connectivity index (χ2v) is 7.02. The molecule has 0 saturated carbocycles. The fourth-order valence-corrected chi connectivity index (χ4v) is 3.32. The van der Waals surface area contributed by atoms with Gasteiger partial charge in [0.05, 0.1) is 18.2 Å². The highest BCUT2D eigenvalue weighted by Crippen LogP contribution is 2.36. The molecule has 5 atom stereocenters. The molecular formula is C21H21O9+. The van der Waals surface area contributed by atoms with E-state index in [2.05, 4.69) is 0 Å². The van der Waals surface area contributed by atoms with Gasteiger partial charge in [-0.15, -0.1) is 0 Å². The molecule has 1 aromatic heterocycles. The van der Waals surface area contributed by atoms with Crippen molar-refractivity contribution < 1.29 is 44.5 Å². The molecule has 0 amide bonds. The van der Waals surface area contributed by atoms with E-state index in [0.717, 1.165) is 0 Å². The molecule has 2 aromatic carbocycles. The number of ether oxygens (including phenoxy) is 2. The van der Waals surface area contributed by atoms with Crippen LogP contribution >= 0.6 is 0 Å². The smallest absolute Gasteiger partial charge is 0.368 e. The van der Waals surface area contributed by atoms with E-state index in [0.29, 0.717) is 16.7 Å². The zero-order chi connectivity index (χ0) is 21.4. The summed E-state index contributed by atoms with van der Waals surface area (Å²) in [6, 6.07) is 12.4. The van der Waals surface area contributed by atoms with Crippen molar-refractivity contribution in [1.82, 2.24) is 0 Å². The number of benzene rings is 2. The van der Waals surface area contributed by atoms with E-state index >= 15 is 0 Å². The average Bonchev–Trinajstić information content (AvgIpc) is 2.74. The summed E-state index contributed by atoms with van der Waals surface area (Å²) in [5.41, 5.74) is 0.981. The number of phenols is 2. The summed E-state index contributed by atoms with van der Waals surface area (Å²) in [6.45, 7) is -0.586. The van der Waals surface area contributed by atoms with Crippen LogP contribution in [0.5, 0.6) is 17.2 Å². The highest BCUT2D eigenvalue weighted by atomic mass is 16.7. The Kier molecular flexibility index (Phi) is 5.46. The van der Waals surface area contributed by atoms with Gasteiger partial charge in [-0.1, -0.05) is 0 Å². The molecule has 0 bridgehead atoms. The van der Waals surface area contributed by atoms with Crippen LogP contribution in [0.1, 0.15) is 0 Å². The molecule has 1 aliphatic rings. The van der Waals surface area contributed by atoms with Crippen molar-refractivity contribution in [1.29, 1.82) is 0 Å². The zero-order valence-corrected chi connectivity index (χ0v) is 15.6. The lowest BCUT2D eigenvalue weighted by Gasteiger charge is -2.39. The first-order valence-corrected chi connectivity index (χ1v) is 9.24. The van der Waals surface area contributed by atoms with Crippen LogP contribution in [-0.4, -0.2) is 68.0 Å². The van der Waals surface area contributed by atoms with Crippen LogP contribution in [0.3, 0.4) is 0 Å². The second kappa shape index (κ2) is 8.05. The molecule has 3 aromatic rings. The van der Waals surface area contributed by atoms with Gasteiger partial charge >= 0.3 is 11.3 Å². The first kappa shape index (κ1) is 20.3. The van der Waals surface area contributed by atoms with Gasteiger partial charge in [0.1, 0.15) is 47.1 Å². The van der Waals surface area contributed by atoms with Crippen LogP contribution in [0.25, 0.3) is 22.3 Å². The fourth-order valence-electron chi connectivity index (χ4n) is 3.32. The maximum atomic E-state index is 10.2. The molecule has 9 heteroatoms. The zero-order valence-electron chi connectivity index (χ0n) is 15.6. The molecule has 158 valence electrons. The molecule has 6 N–H and O–H groups in total. The van der Waals surface area contributed by atoms with E-state index in [1.54, 1.807) is 24.3 Å². The molecule has 4 rings (SSSR count). The molecule has 0 radical (unpaired) electrons. The van der Waals surface area contributed by atoms with Gasteiger partial charge in [0.25, 0.3) is 0 Å². The summed E-state index contributed by atoms with van der Waals surface area (Å²) in [7, 11) is 0. The Morgan fingerprint density at radius 2 is 1.60 bits per heavy atom. The molecule has 9 nitrogen and oxygen atoms in total. The van der Waals surface area contributed by atoms with Crippen LogP contribution in [-0.2, 0) is 4.74 Å². The maximum absolute atomic E-state index is 10.2. The van der Waals surface area contributed by atoms with Crippen LogP contribution in [0.4, 0.5) is 0 Å². The second-order valence-electron chi connectivity index (χ2n) is 7.02. The Labute approximate surface area is 170 Å². The van der Waals surface area contributed by atoms with Gasteiger partial charge in [0.15, 0.2) is 0 Å². The van der Waals surface area contributed by atoms with Crippen molar-refractivity contribution in [3.63, 3.8) is 0 Å². The van der Waals surface area contributed by atoms with Crippen LogP contribution in [0.15, 0.2) is 52.9 Å². The molecule has 1 saturated heterocycles. The van der Waals surface area contributed by atoms with Crippen LogP contribution in [0.2, 0.25) is 0 Å². The average molecular weight is 417 g/mol. The van der Waals surface area contributed by atoms with Gasteiger partial charge in [-0.3, -0.25) is 0 Å². The van der Waals surface area contributed by atoms with Crippen LogP contribution in [0, 0.1) is 0 Å². The molecular weight excluding hydrogens is 396 g/mol. The van der Waals surface area contributed by atoms with Gasteiger partial charge in [0, 0.05) is 12.1 Å². The lowest BCUT2D eigenvalue weighted by Crippen LogP contribution is -2.60. The van der Waals surface area contributed by atoms with Crippen molar-refractivity contribution in [2.75, 3.05) is 6.61 Å². The Hall–Kier alpha value is -2.95. The van der Waals surface area contributed by atoms with E-state index in [-0.39, 0.29) is 22.8 Å². The van der Waals surface area contributed by atoms with Crippen LogP contribution < -0.4 is 4.74 Å². The number of aliphatic hydroxyl groups excluding tert-OH is 4. The van der Waals surface area contributed by atoms with Crippen molar-refractivity contribution in [2.24, 2.45) is 0 Å². The van der Waals surface area contributed by atoms with Crippen molar-refractivity contribution in [3.8, 4) is 28.6 Å². The monoisotopic (exact) mass is 417 g/mol. The SMILES string of the molecule is OC[C@H]1O[C@@H](Oc2cc(O)cc3[o+]c(-c4ccc(O)cc4)ccc23)[C@H](O)[C@@H](O)[C@@H]1O. The number of hydrogen-bond acceptors (Lipinski definition) is 8. The number of phenolic OH excluding ortho intramolecular Hbond substituents is 2. The number of aromatic hydroxyl groups is 2. The van der Waals surface area contributed by atoms with E-state index in [9.17, 15) is 30.6 Å². The minimum Gasteiger partial charge on any atom is -0.508 e. The third kappa shape index (κ3) is 3.76. The largest absolute Gasteiger partial charge is 0.508 e. The predicted molar refractivity (Wildman–Crippen MR) is 104 cm³/mol. The first-order valence-electron chi connectivity index (χ1n) is 9.24. The van der Waals surface area contributed by atoms with E-state index in [4.69, 9.17) is 13.9 Å². The van der Waals surface area contributed by atoms with Gasteiger partial charge in [-0.25, -0.2) is 4.42 Å². The highest BCUT2D eigenvalue weighted by molar-refractivity contribution is 5.86.